The summed E-state index contributed by atoms with van der Waals surface area (Å²) in [5, 5.41) is 5.74. The van der Waals surface area contributed by atoms with E-state index in [1.54, 1.807) is 35.3 Å². The van der Waals surface area contributed by atoms with Gasteiger partial charge in [-0.1, -0.05) is 66.7 Å². The summed E-state index contributed by atoms with van der Waals surface area (Å²) < 4.78 is 18.8. The van der Waals surface area contributed by atoms with E-state index in [2.05, 4.69) is 33.6 Å². The zero-order chi connectivity index (χ0) is 29.2. The van der Waals surface area contributed by atoms with Crippen molar-refractivity contribution in [2.24, 2.45) is 4.99 Å². The lowest BCUT2D eigenvalue weighted by Gasteiger charge is -2.29. The van der Waals surface area contributed by atoms with Gasteiger partial charge in [-0.2, -0.15) is 4.99 Å². The number of amidine groups is 1. The van der Waals surface area contributed by atoms with Crippen molar-refractivity contribution >= 4 is 40.2 Å². The predicted octanol–water partition coefficient (Wildman–Crippen LogP) is 7.21. The number of carbonyl (C=O) groups is 1. The topological polar surface area (TPSA) is 93.9 Å². The molecule has 9 nitrogen and oxygen atoms in total. The minimum absolute atomic E-state index is 0.251. The number of hydroxylamine groups is 1. The number of aromatic nitrogens is 3. The number of hydrogen-bond acceptors (Lipinski definition) is 6. The molecule has 1 saturated heterocycles. The number of nitrogens with zero attached hydrogens (tertiary/aromatic N) is 5. The Morgan fingerprint density at radius 3 is 2.74 bits per heavy atom. The Labute approximate surface area is 251 Å². The van der Waals surface area contributed by atoms with Crippen LogP contribution < -0.4 is 15.1 Å². The smallest absolute Gasteiger partial charge is 0.367 e. The van der Waals surface area contributed by atoms with Gasteiger partial charge in [-0.25, -0.2) is 24.3 Å². The van der Waals surface area contributed by atoms with E-state index in [0.29, 0.717) is 21.8 Å². The summed E-state index contributed by atoms with van der Waals surface area (Å²) in [6.45, 7) is 3.10. The Morgan fingerprint density at radius 2 is 1.98 bits per heavy atom. The van der Waals surface area contributed by atoms with E-state index in [0.717, 1.165) is 39.5 Å². The molecule has 6 rings (SSSR count). The first-order valence-corrected chi connectivity index (χ1v) is 14.5. The number of alkyl halides is 1. The summed E-state index contributed by atoms with van der Waals surface area (Å²) in [6.07, 6.45) is 3.37. The number of urea groups is 1. The molecule has 2 aliphatic rings. The van der Waals surface area contributed by atoms with Crippen LogP contribution in [0.25, 0.3) is 17.1 Å². The van der Waals surface area contributed by atoms with Gasteiger partial charge in [0.05, 0.1) is 11.4 Å². The maximum Gasteiger partial charge on any atom is 0.367 e. The Balaban J connectivity index is 1.08. The molecule has 1 aromatic heterocycles. The number of thioether (sulfide) groups is 1. The highest BCUT2D eigenvalue weighted by molar-refractivity contribution is 8.14. The van der Waals surface area contributed by atoms with Crippen molar-refractivity contribution in [3.63, 3.8) is 0 Å². The Hall–Kier alpha value is -4.19. The number of carbonyl (C=O) groups excluding carboxylic acids is 1. The van der Waals surface area contributed by atoms with Crippen molar-refractivity contribution in [2.45, 2.75) is 25.9 Å². The summed E-state index contributed by atoms with van der Waals surface area (Å²) in [7, 11) is 0. The Kier molecular flexibility index (Phi) is 7.96. The number of anilines is 1. The number of aliphatic imine (C=N–C) groups is 1. The monoisotopic (exact) mass is 604 g/mol. The third-order valence-electron chi connectivity index (χ3n) is 6.97. The molecular formula is C30H26ClFN6O3S. The minimum Gasteiger partial charge on any atom is -0.463 e. The lowest BCUT2D eigenvalue weighted by atomic mass is 9.94. The number of benzene rings is 3. The normalized spacial score (nSPS) is 17.4. The third-order valence-corrected chi connectivity index (χ3v) is 8.17. The average Bonchev–Trinajstić information content (AvgIpc) is 3.64. The van der Waals surface area contributed by atoms with Gasteiger partial charge in [0, 0.05) is 28.0 Å². The fourth-order valence-electron chi connectivity index (χ4n) is 4.82. The second-order valence-corrected chi connectivity index (χ2v) is 11.1. The standard InChI is InChI=1S/C30H26ClFN6O3S/c1-18-13-24-15-42-30(38(24)27-14-22(31)7-12-26(18)27)34-29(39)36-41-19(2)20-3-5-21(6-4-20)28-33-17-37(35-28)23-8-10-25(11-9-23)40-16-32/h3-14,17-19H,15-16H2,1-2H3,(H,36,39). The average molecular weight is 605 g/mol. The molecule has 42 heavy (non-hydrogen) atoms. The molecule has 3 heterocycles. The van der Waals surface area contributed by atoms with Gasteiger partial charge in [0.2, 0.25) is 6.86 Å². The first-order chi connectivity index (χ1) is 20.4. The van der Waals surface area contributed by atoms with E-state index in [4.69, 9.17) is 21.2 Å². The van der Waals surface area contributed by atoms with Crippen LogP contribution in [0, 0.1) is 0 Å². The number of ether oxygens (including phenoxy) is 1. The summed E-state index contributed by atoms with van der Waals surface area (Å²) in [6, 6.07) is 19.6. The molecule has 0 saturated carbocycles. The molecule has 0 spiro atoms. The van der Waals surface area contributed by atoms with Crippen molar-refractivity contribution in [3.8, 4) is 22.8 Å². The highest BCUT2D eigenvalue weighted by Gasteiger charge is 2.33. The van der Waals surface area contributed by atoms with Crippen LogP contribution in [0.2, 0.25) is 5.02 Å². The molecule has 4 aromatic rings. The van der Waals surface area contributed by atoms with Gasteiger partial charge in [0.15, 0.2) is 11.0 Å². The van der Waals surface area contributed by atoms with Crippen LogP contribution in [0.4, 0.5) is 14.9 Å². The number of halogens is 2. The van der Waals surface area contributed by atoms with Crippen LogP contribution >= 0.6 is 23.4 Å². The molecule has 2 atom stereocenters. The number of rotatable bonds is 7. The molecule has 0 radical (unpaired) electrons. The van der Waals surface area contributed by atoms with Crippen molar-refractivity contribution in [2.75, 3.05) is 17.5 Å². The van der Waals surface area contributed by atoms with Gasteiger partial charge >= 0.3 is 6.03 Å². The molecule has 214 valence electrons. The first-order valence-electron chi connectivity index (χ1n) is 13.2. The number of nitrogens with one attached hydrogen (secondary N) is 1. The molecule has 2 amide bonds. The van der Waals surface area contributed by atoms with Crippen LogP contribution in [0.15, 0.2) is 89.8 Å². The summed E-state index contributed by atoms with van der Waals surface area (Å²) in [5.41, 5.74) is 8.05. The number of amides is 2. The van der Waals surface area contributed by atoms with Gasteiger partial charge in [0.1, 0.15) is 18.2 Å². The van der Waals surface area contributed by atoms with Crippen LogP contribution in [0.5, 0.6) is 5.75 Å². The molecule has 2 aliphatic heterocycles. The molecule has 1 fully saturated rings. The minimum atomic E-state index is -0.880. The summed E-state index contributed by atoms with van der Waals surface area (Å²) in [5.74, 6) is 1.96. The number of allylic oxidation sites excluding steroid dienone is 1. The SMILES string of the molecule is CC1C=C2CSC(=NC(=O)NOC(C)c3ccc(-c4ncn(-c5ccc(OCF)cc5)n4)cc3)N2c2cc(Cl)ccc21. The second kappa shape index (κ2) is 12.0. The van der Waals surface area contributed by atoms with E-state index < -0.39 is 19.0 Å². The number of fused-ring (bicyclic) bond motifs is 3. The molecule has 3 aromatic carbocycles. The van der Waals surface area contributed by atoms with E-state index in [1.807, 2.05) is 54.3 Å². The summed E-state index contributed by atoms with van der Waals surface area (Å²) >= 11 is 7.78. The highest BCUT2D eigenvalue weighted by Crippen LogP contribution is 2.43. The molecule has 12 heteroatoms. The van der Waals surface area contributed by atoms with Crippen LogP contribution in [0.3, 0.4) is 0 Å². The zero-order valence-electron chi connectivity index (χ0n) is 22.7. The maximum atomic E-state index is 12.7. The van der Waals surface area contributed by atoms with Crippen LogP contribution in [-0.2, 0) is 4.84 Å². The fraction of sp³-hybridized carbons (Fsp3) is 0.200. The van der Waals surface area contributed by atoms with Crippen LogP contribution in [0.1, 0.15) is 37.0 Å². The highest BCUT2D eigenvalue weighted by atomic mass is 35.5. The summed E-state index contributed by atoms with van der Waals surface area (Å²) in [4.78, 5) is 29.0. The lowest BCUT2D eigenvalue weighted by Crippen LogP contribution is -2.29. The molecule has 0 bridgehead atoms. The molecule has 0 aliphatic carbocycles. The molecule has 1 N–H and O–H groups in total. The van der Waals surface area contributed by atoms with Crippen LogP contribution in [-0.4, -0.2) is 38.6 Å². The van der Waals surface area contributed by atoms with E-state index >= 15 is 0 Å². The predicted molar refractivity (Wildman–Crippen MR) is 162 cm³/mol. The van der Waals surface area contributed by atoms with E-state index in [9.17, 15) is 9.18 Å². The maximum absolute atomic E-state index is 12.7. The second-order valence-electron chi connectivity index (χ2n) is 9.72. The molecule has 2 unspecified atom stereocenters. The van der Waals surface area contributed by atoms with Gasteiger partial charge < -0.3 is 4.74 Å². The van der Waals surface area contributed by atoms with Crippen molar-refractivity contribution in [3.05, 3.63) is 101 Å². The fourth-order valence-corrected chi connectivity index (χ4v) is 5.99. The van der Waals surface area contributed by atoms with Gasteiger partial charge in [-0.05, 0) is 54.4 Å². The quantitative estimate of drug-likeness (QED) is 0.223. The Bertz CT molecular complexity index is 1680. The zero-order valence-corrected chi connectivity index (χ0v) is 24.3. The molecular weight excluding hydrogens is 579 g/mol. The number of hydrogen-bond donors (Lipinski definition) is 1. The van der Waals surface area contributed by atoms with Crippen molar-refractivity contribution in [1.82, 2.24) is 20.2 Å². The van der Waals surface area contributed by atoms with E-state index in [1.165, 1.54) is 11.8 Å². The Morgan fingerprint density at radius 1 is 1.19 bits per heavy atom. The largest absolute Gasteiger partial charge is 0.463 e. The van der Waals surface area contributed by atoms with E-state index in [-0.39, 0.29) is 5.92 Å². The van der Waals surface area contributed by atoms with Gasteiger partial charge in [-0.3, -0.25) is 9.74 Å². The lowest BCUT2D eigenvalue weighted by molar-refractivity contribution is 0.00723. The van der Waals surface area contributed by atoms with Gasteiger partial charge in [0.25, 0.3) is 0 Å². The third kappa shape index (κ3) is 5.76. The van der Waals surface area contributed by atoms with Gasteiger partial charge in [-0.15, -0.1) is 5.10 Å². The van der Waals surface area contributed by atoms with Crippen molar-refractivity contribution in [1.29, 1.82) is 0 Å². The first kappa shape index (κ1) is 28.0. The van der Waals surface area contributed by atoms with Crippen molar-refractivity contribution < 1.29 is 18.8 Å².